The molecule has 6 nitrogen and oxygen atoms in total. The lowest BCUT2D eigenvalue weighted by atomic mass is 10.2. The molecular formula is C17H28IN3O3S. The second kappa shape index (κ2) is 10.2. The Morgan fingerprint density at radius 3 is 2.52 bits per heavy atom. The minimum atomic E-state index is -2.89. The number of benzene rings is 1. The third-order valence-electron chi connectivity index (χ3n) is 3.76. The quantitative estimate of drug-likeness (QED) is 0.370. The Morgan fingerprint density at radius 1 is 1.32 bits per heavy atom. The smallest absolute Gasteiger partial charge is 0.191 e. The fourth-order valence-electron chi connectivity index (χ4n) is 2.45. The summed E-state index contributed by atoms with van der Waals surface area (Å²) in [7, 11) is -1.21. The van der Waals surface area contributed by atoms with Crippen molar-refractivity contribution in [2.45, 2.75) is 32.9 Å². The van der Waals surface area contributed by atoms with E-state index < -0.39 is 9.84 Å². The fraction of sp³-hybridized carbons (Fsp3) is 0.588. The number of guanidine groups is 1. The van der Waals surface area contributed by atoms with E-state index in [1.165, 1.54) is 0 Å². The van der Waals surface area contributed by atoms with E-state index in [0.717, 1.165) is 11.3 Å². The first-order valence-electron chi connectivity index (χ1n) is 8.27. The van der Waals surface area contributed by atoms with Gasteiger partial charge in [-0.25, -0.2) is 8.42 Å². The second-order valence-electron chi connectivity index (χ2n) is 6.52. The van der Waals surface area contributed by atoms with Gasteiger partial charge in [0.05, 0.1) is 18.1 Å². The minimum Gasteiger partial charge on any atom is -0.493 e. The fourth-order valence-corrected chi connectivity index (χ4v) is 4.12. The Balaban J connectivity index is 0.00000312. The molecule has 0 amide bonds. The van der Waals surface area contributed by atoms with Gasteiger partial charge in [-0.2, -0.15) is 0 Å². The molecule has 1 aromatic rings. The molecule has 1 aliphatic heterocycles. The number of nitrogens with one attached hydrogen (secondary N) is 2. The highest BCUT2D eigenvalue weighted by Gasteiger charge is 2.28. The Hall–Kier alpha value is -1.03. The molecule has 0 aliphatic carbocycles. The molecule has 1 unspecified atom stereocenters. The Morgan fingerprint density at radius 2 is 2.00 bits per heavy atom. The molecule has 1 aromatic carbocycles. The maximum atomic E-state index is 11.5. The molecule has 0 aromatic heterocycles. The van der Waals surface area contributed by atoms with Crippen LogP contribution in [0.4, 0.5) is 0 Å². The van der Waals surface area contributed by atoms with Crippen LogP contribution in [0.3, 0.4) is 0 Å². The van der Waals surface area contributed by atoms with Gasteiger partial charge in [-0.1, -0.05) is 26.0 Å². The second-order valence-corrected chi connectivity index (χ2v) is 8.75. The van der Waals surface area contributed by atoms with E-state index in [1.807, 2.05) is 24.3 Å². The Bertz CT molecular complexity index is 660. The number of ether oxygens (including phenoxy) is 1. The first-order chi connectivity index (χ1) is 11.4. The van der Waals surface area contributed by atoms with E-state index in [-0.39, 0.29) is 41.5 Å². The molecule has 1 aliphatic rings. The molecular weight excluding hydrogens is 453 g/mol. The molecule has 8 heteroatoms. The molecule has 1 heterocycles. The molecule has 2 N–H and O–H groups in total. The van der Waals surface area contributed by atoms with Crippen molar-refractivity contribution < 1.29 is 13.2 Å². The van der Waals surface area contributed by atoms with E-state index in [2.05, 4.69) is 29.5 Å². The van der Waals surface area contributed by atoms with Crippen LogP contribution in [0.25, 0.3) is 0 Å². The summed E-state index contributed by atoms with van der Waals surface area (Å²) in [5, 5.41) is 6.38. The largest absolute Gasteiger partial charge is 0.493 e. The number of nitrogens with zero attached hydrogens (tertiary/aromatic N) is 1. The van der Waals surface area contributed by atoms with Crippen molar-refractivity contribution in [2.75, 3.05) is 25.2 Å². The van der Waals surface area contributed by atoms with Crippen molar-refractivity contribution in [2.24, 2.45) is 10.9 Å². The van der Waals surface area contributed by atoms with Gasteiger partial charge in [0.25, 0.3) is 0 Å². The first-order valence-corrected chi connectivity index (χ1v) is 10.1. The predicted molar refractivity (Wildman–Crippen MR) is 113 cm³/mol. The number of halogens is 1. The maximum absolute atomic E-state index is 11.5. The van der Waals surface area contributed by atoms with E-state index >= 15 is 0 Å². The minimum absolute atomic E-state index is 0. The zero-order valence-corrected chi connectivity index (χ0v) is 18.1. The third-order valence-corrected chi connectivity index (χ3v) is 5.53. The Kier molecular flexibility index (Phi) is 8.98. The molecule has 0 saturated carbocycles. The van der Waals surface area contributed by atoms with Crippen LogP contribution in [0.5, 0.6) is 5.75 Å². The van der Waals surface area contributed by atoms with Gasteiger partial charge in [0.1, 0.15) is 5.75 Å². The highest BCUT2D eigenvalue weighted by atomic mass is 127. The van der Waals surface area contributed by atoms with Gasteiger partial charge in [0.2, 0.25) is 0 Å². The lowest BCUT2D eigenvalue weighted by molar-refractivity contribution is 0.271. The van der Waals surface area contributed by atoms with E-state index in [1.54, 1.807) is 7.05 Å². The van der Waals surface area contributed by atoms with Crippen LogP contribution in [0.2, 0.25) is 0 Å². The van der Waals surface area contributed by atoms with Crippen LogP contribution in [-0.2, 0) is 16.4 Å². The van der Waals surface area contributed by atoms with Crippen molar-refractivity contribution in [1.82, 2.24) is 10.6 Å². The van der Waals surface area contributed by atoms with Gasteiger partial charge in [0, 0.05) is 19.6 Å². The van der Waals surface area contributed by atoms with Crippen molar-refractivity contribution >= 4 is 39.8 Å². The molecule has 25 heavy (non-hydrogen) atoms. The van der Waals surface area contributed by atoms with Crippen LogP contribution in [0.15, 0.2) is 29.3 Å². The van der Waals surface area contributed by atoms with E-state index in [0.29, 0.717) is 31.4 Å². The number of hydrogen-bond acceptors (Lipinski definition) is 4. The zero-order chi connectivity index (χ0) is 17.6. The van der Waals surface area contributed by atoms with Crippen molar-refractivity contribution in [3.63, 3.8) is 0 Å². The highest BCUT2D eigenvalue weighted by Crippen LogP contribution is 2.13. The lowest BCUT2D eigenvalue weighted by Gasteiger charge is -2.16. The van der Waals surface area contributed by atoms with E-state index in [4.69, 9.17) is 4.74 Å². The summed E-state index contributed by atoms with van der Waals surface area (Å²) < 4.78 is 28.7. The number of aliphatic imine (C=N–C) groups is 1. The van der Waals surface area contributed by atoms with Crippen LogP contribution >= 0.6 is 24.0 Å². The summed E-state index contributed by atoms with van der Waals surface area (Å²) in [6, 6.07) is 7.87. The normalized spacial score (nSPS) is 19.4. The molecule has 2 rings (SSSR count). The molecule has 0 bridgehead atoms. The summed E-state index contributed by atoms with van der Waals surface area (Å²) >= 11 is 0. The number of rotatable bonds is 6. The number of sulfone groups is 1. The molecule has 1 fully saturated rings. The van der Waals surface area contributed by atoms with Crippen LogP contribution in [0.1, 0.15) is 25.8 Å². The van der Waals surface area contributed by atoms with Crippen molar-refractivity contribution in [1.29, 1.82) is 0 Å². The monoisotopic (exact) mass is 481 g/mol. The first kappa shape index (κ1) is 22.0. The molecule has 142 valence electrons. The van der Waals surface area contributed by atoms with Crippen LogP contribution < -0.4 is 15.4 Å². The molecule has 0 radical (unpaired) electrons. The average Bonchev–Trinajstić information content (AvgIpc) is 2.89. The highest BCUT2D eigenvalue weighted by molar-refractivity contribution is 14.0. The average molecular weight is 481 g/mol. The van der Waals surface area contributed by atoms with Gasteiger partial charge in [0.15, 0.2) is 15.8 Å². The maximum Gasteiger partial charge on any atom is 0.191 e. The molecule has 0 spiro atoms. The van der Waals surface area contributed by atoms with Gasteiger partial charge in [-0.3, -0.25) is 4.99 Å². The summed E-state index contributed by atoms with van der Waals surface area (Å²) in [6.45, 7) is 5.56. The van der Waals surface area contributed by atoms with Gasteiger partial charge < -0.3 is 15.4 Å². The predicted octanol–water partition coefficient (Wildman–Crippen LogP) is 2.19. The SMILES string of the molecule is CN=C(NCc1ccc(OCC(C)C)cc1)NC1CCS(=O)(=O)C1.I. The van der Waals surface area contributed by atoms with E-state index in [9.17, 15) is 8.42 Å². The Labute approximate surface area is 167 Å². The van der Waals surface area contributed by atoms with Gasteiger partial charge in [-0.05, 0) is 30.0 Å². The van der Waals surface area contributed by atoms with Gasteiger partial charge in [-0.15, -0.1) is 24.0 Å². The van der Waals surface area contributed by atoms with Crippen molar-refractivity contribution in [3.05, 3.63) is 29.8 Å². The summed E-state index contributed by atoms with van der Waals surface area (Å²) in [4.78, 5) is 4.16. The number of hydrogen-bond donors (Lipinski definition) is 2. The summed E-state index contributed by atoms with van der Waals surface area (Å²) in [5.74, 6) is 2.42. The van der Waals surface area contributed by atoms with Gasteiger partial charge >= 0.3 is 0 Å². The topological polar surface area (TPSA) is 79.8 Å². The molecule has 1 atom stereocenters. The molecule has 1 saturated heterocycles. The zero-order valence-electron chi connectivity index (χ0n) is 15.0. The summed E-state index contributed by atoms with van der Waals surface area (Å²) in [5.41, 5.74) is 1.11. The lowest BCUT2D eigenvalue weighted by Crippen LogP contribution is -2.43. The third kappa shape index (κ3) is 7.81. The standard InChI is InChI=1S/C17H27N3O3S.HI/c1-13(2)11-23-16-6-4-14(5-7-16)10-19-17(18-3)20-15-8-9-24(21,22)12-15;/h4-7,13,15H,8-12H2,1-3H3,(H2,18,19,20);1H. The summed E-state index contributed by atoms with van der Waals surface area (Å²) in [6.07, 6.45) is 0.630. The van der Waals surface area contributed by atoms with Crippen LogP contribution in [-0.4, -0.2) is 45.6 Å². The van der Waals surface area contributed by atoms with Crippen LogP contribution in [0, 0.1) is 5.92 Å². The van der Waals surface area contributed by atoms with Crippen molar-refractivity contribution in [3.8, 4) is 5.75 Å².